The molecule has 222 valence electrons. The van der Waals surface area contributed by atoms with Crippen LogP contribution in [0.3, 0.4) is 0 Å². The number of fused-ring (bicyclic) bond motifs is 3. The molecule has 0 aliphatic rings. The van der Waals surface area contributed by atoms with Crippen LogP contribution in [0.25, 0.3) is 25.1 Å². The maximum absolute atomic E-state index is 14.2. The smallest absolute Gasteiger partial charge is 0.432 e. The van der Waals surface area contributed by atoms with Crippen molar-refractivity contribution in [3.8, 4) is 16.4 Å². The van der Waals surface area contributed by atoms with Crippen molar-refractivity contribution in [2.24, 2.45) is 0 Å². The summed E-state index contributed by atoms with van der Waals surface area (Å²) in [7, 11) is -7.66. The van der Waals surface area contributed by atoms with Gasteiger partial charge in [-0.05, 0) is 37.3 Å². The molecule has 1 heterocycles. The molecule has 0 aliphatic heterocycles. The number of rotatable bonds is 8. The number of halogens is 8. The summed E-state index contributed by atoms with van der Waals surface area (Å²) < 4.78 is 150. The van der Waals surface area contributed by atoms with Gasteiger partial charge in [0.15, 0.2) is 31.4 Å². The fraction of sp³-hybridized carbons (Fsp3) is 0.280. The minimum absolute atomic E-state index is 0.265. The van der Waals surface area contributed by atoms with Gasteiger partial charge in [-0.25, -0.2) is 0 Å². The second kappa shape index (κ2) is 10.3. The molecule has 0 aliphatic carbocycles. The van der Waals surface area contributed by atoms with E-state index in [9.17, 15) is 48.6 Å². The normalized spacial score (nSPS) is 15.6. The van der Waals surface area contributed by atoms with E-state index >= 15 is 0 Å². The minimum atomic E-state index is -6.67. The molecule has 0 fully saturated rings. The van der Waals surface area contributed by atoms with Crippen molar-refractivity contribution in [2.75, 3.05) is 6.61 Å². The van der Waals surface area contributed by atoms with Gasteiger partial charge in [-0.1, -0.05) is 24.3 Å². The third kappa shape index (κ3) is 5.78. The lowest BCUT2D eigenvalue weighted by Gasteiger charge is -2.29. The molecular weight excluding hydrogens is 612 g/mol. The quantitative estimate of drug-likeness (QED) is 0.121. The van der Waals surface area contributed by atoms with Crippen LogP contribution in [0.15, 0.2) is 66.7 Å². The Morgan fingerprint density at radius 2 is 1.34 bits per heavy atom. The average Bonchev–Trinajstić information content (AvgIpc) is 3.18. The Balaban J connectivity index is 1.90. The van der Waals surface area contributed by atoms with Crippen LogP contribution in [0, 0.1) is 0 Å². The highest BCUT2D eigenvalue weighted by molar-refractivity contribution is 7.86. The van der Waals surface area contributed by atoms with E-state index in [4.69, 9.17) is 9.29 Å². The van der Waals surface area contributed by atoms with Crippen molar-refractivity contribution in [3.63, 3.8) is 0 Å². The molecular formula is C25H19F8O6S2+. The summed E-state index contributed by atoms with van der Waals surface area (Å²) in [6.45, 7) is -1.28. The predicted molar refractivity (Wildman–Crippen MR) is 134 cm³/mol. The van der Waals surface area contributed by atoms with Crippen LogP contribution in [0.4, 0.5) is 35.1 Å². The standard InChI is InChI=1S/C25H18F8O6S2/c1-22(34,25(31,32)33)13-38-18-12-14(40-19-8-4-2-6-15(19)16-7-3-5-9-20(16)40)10-11-17(18)39-21(23(26,27)28)24(29,30)41(35,36)37/h2-12,21,34H,13H2,1H3/p+1. The van der Waals surface area contributed by atoms with E-state index in [1.807, 2.05) is 12.1 Å². The van der Waals surface area contributed by atoms with Crippen LogP contribution < -0.4 is 9.47 Å². The zero-order valence-electron chi connectivity index (χ0n) is 20.5. The van der Waals surface area contributed by atoms with E-state index in [2.05, 4.69) is 4.74 Å². The summed E-state index contributed by atoms with van der Waals surface area (Å²) in [5.74, 6) is -2.15. The molecule has 0 saturated carbocycles. The van der Waals surface area contributed by atoms with Crippen LogP contribution in [0.1, 0.15) is 6.92 Å². The van der Waals surface area contributed by atoms with Crippen molar-refractivity contribution in [1.29, 1.82) is 0 Å². The highest BCUT2D eigenvalue weighted by Crippen LogP contribution is 2.50. The van der Waals surface area contributed by atoms with Gasteiger partial charge in [-0.15, -0.1) is 0 Å². The molecule has 6 nitrogen and oxygen atoms in total. The summed E-state index contributed by atoms with van der Waals surface area (Å²) in [4.78, 5) is 0.265. The number of thiophene rings is 1. The van der Waals surface area contributed by atoms with Crippen molar-refractivity contribution in [3.05, 3.63) is 66.7 Å². The molecule has 4 aromatic rings. The lowest BCUT2D eigenvalue weighted by atomic mass is 10.1. The number of benzene rings is 3. The SMILES string of the molecule is CC(O)(COc1cc(-[s+]2c3ccccc3c3ccccc32)ccc1OC(C(F)(F)F)C(F)(F)S(=O)(=O)O)C(F)(F)F. The molecule has 3 aromatic carbocycles. The lowest BCUT2D eigenvalue weighted by molar-refractivity contribution is -0.261. The summed E-state index contributed by atoms with van der Waals surface area (Å²) >= 11 is 0. The van der Waals surface area contributed by atoms with Crippen molar-refractivity contribution >= 4 is 40.8 Å². The third-order valence-electron chi connectivity index (χ3n) is 5.97. The molecule has 16 heteroatoms. The Bertz CT molecular complexity index is 1640. The van der Waals surface area contributed by atoms with Crippen LogP contribution in [-0.2, 0) is 10.1 Å². The van der Waals surface area contributed by atoms with Gasteiger partial charge < -0.3 is 14.6 Å². The maximum Gasteiger partial charge on any atom is 0.432 e. The van der Waals surface area contributed by atoms with E-state index in [1.54, 1.807) is 36.4 Å². The van der Waals surface area contributed by atoms with E-state index in [0.717, 1.165) is 32.3 Å². The van der Waals surface area contributed by atoms with Crippen LogP contribution >= 0.6 is 10.5 Å². The zero-order chi connectivity index (χ0) is 30.6. The molecule has 0 spiro atoms. The molecule has 2 unspecified atom stereocenters. The average molecular weight is 632 g/mol. The van der Waals surface area contributed by atoms with Crippen molar-refractivity contribution in [1.82, 2.24) is 0 Å². The van der Waals surface area contributed by atoms with Gasteiger partial charge in [-0.2, -0.15) is 43.5 Å². The van der Waals surface area contributed by atoms with Gasteiger partial charge in [0.25, 0.3) is 6.10 Å². The van der Waals surface area contributed by atoms with Crippen LogP contribution in [0.5, 0.6) is 11.5 Å². The highest BCUT2D eigenvalue weighted by Gasteiger charge is 2.65. The van der Waals surface area contributed by atoms with E-state index in [1.165, 1.54) is 0 Å². The van der Waals surface area contributed by atoms with Gasteiger partial charge >= 0.3 is 27.7 Å². The van der Waals surface area contributed by atoms with Gasteiger partial charge in [0.05, 0.1) is 0 Å². The molecule has 0 amide bonds. The Morgan fingerprint density at radius 3 is 1.80 bits per heavy atom. The Kier molecular flexibility index (Phi) is 7.69. The van der Waals surface area contributed by atoms with Crippen LogP contribution in [-0.4, -0.2) is 54.0 Å². The Hall–Kier alpha value is -3.21. The second-order valence-electron chi connectivity index (χ2n) is 9.04. The summed E-state index contributed by atoms with van der Waals surface area (Å²) in [5.41, 5.74) is -3.53. The number of ether oxygens (including phenoxy) is 2. The van der Waals surface area contributed by atoms with Gasteiger partial charge in [-0.3, -0.25) is 4.55 Å². The van der Waals surface area contributed by atoms with Crippen molar-refractivity contribution in [2.45, 2.75) is 36.2 Å². The van der Waals surface area contributed by atoms with Gasteiger partial charge in [0, 0.05) is 33.4 Å². The molecule has 0 radical (unpaired) electrons. The number of hydrogen-bond donors (Lipinski definition) is 2. The zero-order valence-corrected chi connectivity index (χ0v) is 22.1. The summed E-state index contributed by atoms with van der Waals surface area (Å²) in [5, 5.41) is 5.49. The molecule has 2 N–H and O–H groups in total. The summed E-state index contributed by atoms with van der Waals surface area (Å²) in [6, 6.07) is 16.9. The van der Waals surface area contributed by atoms with Crippen LogP contribution in [0.2, 0.25) is 0 Å². The molecule has 41 heavy (non-hydrogen) atoms. The first-order chi connectivity index (χ1) is 18.8. The molecule has 2 atom stereocenters. The predicted octanol–water partition coefficient (Wildman–Crippen LogP) is 7.21. The van der Waals surface area contributed by atoms with Gasteiger partial charge in [0.1, 0.15) is 6.61 Å². The molecule has 0 bridgehead atoms. The monoisotopic (exact) mass is 631 g/mol. The maximum atomic E-state index is 14.2. The third-order valence-corrected chi connectivity index (χ3v) is 9.18. The largest absolute Gasteiger partial charge is 0.486 e. The number of alkyl halides is 8. The summed E-state index contributed by atoms with van der Waals surface area (Å²) in [6.07, 6.45) is -15.8. The Morgan fingerprint density at radius 1 is 0.829 bits per heavy atom. The first-order valence-corrected chi connectivity index (χ1v) is 14.0. The van der Waals surface area contributed by atoms with E-state index in [-0.39, 0.29) is 4.90 Å². The molecule has 1 aromatic heterocycles. The minimum Gasteiger partial charge on any atom is -0.486 e. The fourth-order valence-electron chi connectivity index (χ4n) is 3.82. The first kappa shape index (κ1) is 30.7. The highest BCUT2D eigenvalue weighted by atomic mass is 32.2. The van der Waals surface area contributed by atoms with E-state index < -0.39 is 68.0 Å². The fourth-order valence-corrected chi connectivity index (χ4v) is 6.67. The second-order valence-corrected chi connectivity index (χ2v) is 12.5. The first-order valence-electron chi connectivity index (χ1n) is 11.3. The Labute approximate surface area is 229 Å². The topological polar surface area (TPSA) is 93.1 Å². The lowest BCUT2D eigenvalue weighted by Crippen LogP contribution is -2.53. The van der Waals surface area contributed by atoms with E-state index in [0.29, 0.717) is 13.0 Å². The van der Waals surface area contributed by atoms with Gasteiger partial charge in [0.2, 0.25) is 0 Å². The number of aliphatic hydroxyl groups is 1. The molecule has 0 saturated heterocycles. The molecule has 4 rings (SSSR count). The van der Waals surface area contributed by atoms with Crippen molar-refractivity contribution < 1.29 is 62.7 Å². The number of hydrogen-bond acceptors (Lipinski definition) is 5.